The smallest absolute Gasteiger partial charge is 0.272 e. The van der Waals surface area contributed by atoms with Crippen LogP contribution >= 0.6 is 0 Å². The van der Waals surface area contributed by atoms with Crippen LogP contribution in [0.3, 0.4) is 0 Å². The van der Waals surface area contributed by atoms with Gasteiger partial charge in [-0.25, -0.2) is 8.78 Å². The summed E-state index contributed by atoms with van der Waals surface area (Å²) in [6.07, 6.45) is 2.99. The van der Waals surface area contributed by atoms with Gasteiger partial charge in [-0.1, -0.05) is 12.5 Å². The first-order valence-corrected chi connectivity index (χ1v) is 9.79. The Kier molecular flexibility index (Phi) is 5.60. The van der Waals surface area contributed by atoms with Crippen molar-refractivity contribution in [1.29, 1.82) is 0 Å². The molecule has 1 saturated heterocycles. The fourth-order valence-corrected chi connectivity index (χ4v) is 3.74. The maximum Gasteiger partial charge on any atom is 0.272 e. The molecule has 2 aromatic carbocycles. The minimum Gasteiger partial charge on any atom is -0.387 e. The van der Waals surface area contributed by atoms with Crippen LogP contribution in [0.1, 0.15) is 41.4 Å². The number of benzene rings is 2. The number of H-pyrrole nitrogens is 1. The zero-order valence-corrected chi connectivity index (χ0v) is 15.9. The lowest BCUT2D eigenvalue weighted by Gasteiger charge is -2.28. The minimum absolute atomic E-state index is 0.171. The van der Waals surface area contributed by atoms with Crippen LogP contribution in [-0.2, 0) is 0 Å². The highest BCUT2D eigenvalue weighted by atomic mass is 19.2. The average molecular weight is 399 g/mol. The number of halogens is 2. The van der Waals surface area contributed by atoms with Crippen molar-refractivity contribution in [2.24, 2.45) is 0 Å². The molecule has 3 aromatic rings. The van der Waals surface area contributed by atoms with Gasteiger partial charge < -0.3 is 20.3 Å². The van der Waals surface area contributed by atoms with Crippen molar-refractivity contribution in [2.45, 2.75) is 25.4 Å². The molecule has 0 radical (unpaired) electrons. The van der Waals surface area contributed by atoms with Crippen LogP contribution in [0.2, 0.25) is 0 Å². The number of β-amino-alcohol motifs (C(OH)–C–C–N with tert-alkyl or cyclic N) is 1. The van der Waals surface area contributed by atoms with Crippen LogP contribution < -0.4 is 5.32 Å². The standard InChI is InChI=1S/C22H23F2N3O2/c23-17-6-5-16(12-18(17)24)25-22(29)20-11-15-10-14(4-7-19(15)26-20)21(28)13-27-8-2-1-3-9-27/h4-7,10-12,21,26,28H,1-3,8-9,13H2,(H,25,29). The summed E-state index contributed by atoms with van der Waals surface area (Å²) < 4.78 is 26.4. The van der Waals surface area contributed by atoms with Gasteiger partial charge in [0.2, 0.25) is 0 Å². The molecular weight excluding hydrogens is 376 g/mol. The number of nitrogens with one attached hydrogen (secondary N) is 2. The molecule has 1 fully saturated rings. The van der Waals surface area contributed by atoms with Gasteiger partial charge in [0.25, 0.3) is 5.91 Å². The number of amides is 1. The second-order valence-corrected chi connectivity index (χ2v) is 7.49. The molecule has 4 rings (SSSR count). The molecule has 1 aromatic heterocycles. The van der Waals surface area contributed by atoms with E-state index in [1.807, 2.05) is 18.2 Å². The summed E-state index contributed by atoms with van der Waals surface area (Å²) in [6.45, 7) is 2.62. The molecule has 0 saturated carbocycles. The molecule has 0 bridgehead atoms. The topological polar surface area (TPSA) is 68.4 Å². The summed E-state index contributed by atoms with van der Waals surface area (Å²) in [5.74, 6) is -2.45. The molecule has 5 nitrogen and oxygen atoms in total. The Morgan fingerprint density at radius 3 is 2.62 bits per heavy atom. The van der Waals surface area contributed by atoms with Crippen molar-refractivity contribution in [3.8, 4) is 0 Å². The van der Waals surface area contributed by atoms with Crippen molar-refractivity contribution in [2.75, 3.05) is 25.0 Å². The lowest BCUT2D eigenvalue weighted by Crippen LogP contribution is -2.33. The van der Waals surface area contributed by atoms with Crippen LogP contribution in [0, 0.1) is 11.6 Å². The second kappa shape index (κ2) is 8.31. The number of likely N-dealkylation sites (tertiary alicyclic amines) is 1. The number of carbonyl (C=O) groups is 1. The maximum absolute atomic E-state index is 13.3. The molecule has 0 spiro atoms. The van der Waals surface area contributed by atoms with E-state index in [1.165, 1.54) is 25.3 Å². The number of hydrogen-bond donors (Lipinski definition) is 3. The van der Waals surface area contributed by atoms with E-state index in [2.05, 4.69) is 15.2 Å². The minimum atomic E-state index is -1.02. The van der Waals surface area contributed by atoms with Crippen molar-refractivity contribution >= 4 is 22.5 Å². The lowest BCUT2D eigenvalue weighted by molar-refractivity contribution is 0.101. The average Bonchev–Trinajstić information content (AvgIpc) is 3.15. The van der Waals surface area contributed by atoms with E-state index in [-0.39, 0.29) is 5.69 Å². The first-order chi connectivity index (χ1) is 14.0. The number of aliphatic hydroxyl groups excluding tert-OH is 1. The Hall–Kier alpha value is -2.77. The number of carbonyl (C=O) groups excluding carboxylic acids is 1. The second-order valence-electron chi connectivity index (χ2n) is 7.49. The predicted molar refractivity (Wildman–Crippen MR) is 108 cm³/mol. The van der Waals surface area contributed by atoms with E-state index in [9.17, 15) is 18.7 Å². The number of piperidine rings is 1. The number of fused-ring (bicyclic) bond motifs is 1. The predicted octanol–water partition coefficient (Wildman–Crippen LogP) is 4.22. The fourth-order valence-electron chi connectivity index (χ4n) is 3.74. The Bertz CT molecular complexity index is 1030. The number of nitrogens with zero attached hydrogens (tertiary/aromatic N) is 1. The Balaban J connectivity index is 1.48. The molecule has 1 aliphatic heterocycles. The fraction of sp³-hybridized carbons (Fsp3) is 0.318. The Morgan fingerprint density at radius 2 is 1.86 bits per heavy atom. The van der Waals surface area contributed by atoms with Crippen LogP contribution in [-0.4, -0.2) is 40.5 Å². The number of aliphatic hydroxyl groups is 1. The first kappa shape index (κ1) is 19.5. The van der Waals surface area contributed by atoms with E-state index < -0.39 is 23.6 Å². The number of hydrogen-bond acceptors (Lipinski definition) is 3. The van der Waals surface area contributed by atoms with Crippen molar-refractivity contribution in [1.82, 2.24) is 9.88 Å². The summed E-state index contributed by atoms with van der Waals surface area (Å²) >= 11 is 0. The number of anilines is 1. The zero-order valence-electron chi connectivity index (χ0n) is 15.9. The molecule has 0 aliphatic carbocycles. The monoisotopic (exact) mass is 399 g/mol. The van der Waals surface area contributed by atoms with E-state index in [0.29, 0.717) is 12.2 Å². The largest absolute Gasteiger partial charge is 0.387 e. The zero-order chi connectivity index (χ0) is 20.4. The van der Waals surface area contributed by atoms with Gasteiger partial charge in [0.05, 0.1) is 6.10 Å². The third kappa shape index (κ3) is 4.46. The number of rotatable bonds is 5. The lowest BCUT2D eigenvalue weighted by atomic mass is 10.0. The SMILES string of the molecule is O=C(Nc1ccc(F)c(F)c1)c1cc2cc(C(O)CN3CCCCC3)ccc2[nH]1. The van der Waals surface area contributed by atoms with Crippen LogP contribution in [0.4, 0.5) is 14.5 Å². The summed E-state index contributed by atoms with van der Waals surface area (Å²) in [5.41, 5.74) is 2.03. The molecule has 1 atom stereocenters. The molecular formula is C22H23F2N3O2. The van der Waals surface area contributed by atoms with E-state index in [4.69, 9.17) is 0 Å². The molecule has 152 valence electrons. The van der Waals surface area contributed by atoms with Gasteiger partial charge in [0.15, 0.2) is 11.6 Å². The third-order valence-corrected chi connectivity index (χ3v) is 5.33. The van der Waals surface area contributed by atoms with Gasteiger partial charge in [-0.3, -0.25) is 4.79 Å². The molecule has 1 unspecified atom stereocenters. The molecule has 1 aliphatic rings. The number of aromatic amines is 1. The highest BCUT2D eigenvalue weighted by Crippen LogP contribution is 2.24. The summed E-state index contributed by atoms with van der Waals surface area (Å²) in [5, 5.41) is 13.9. The first-order valence-electron chi connectivity index (χ1n) is 9.79. The van der Waals surface area contributed by atoms with Crippen LogP contribution in [0.5, 0.6) is 0 Å². The van der Waals surface area contributed by atoms with E-state index >= 15 is 0 Å². The highest BCUT2D eigenvalue weighted by Gasteiger charge is 2.17. The van der Waals surface area contributed by atoms with Gasteiger partial charge in [0, 0.05) is 29.2 Å². The van der Waals surface area contributed by atoms with E-state index in [0.717, 1.165) is 41.7 Å². The molecule has 29 heavy (non-hydrogen) atoms. The van der Waals surface area contributed by atoms with Gasteiger partial charge in [-0.05, 0) is 61.8 Å². The van der Waals surface area contributed by atoms with Gasteiger partial charge in [-0.2, -0.15) is 0 Å². The van der Waals surface area contributed by atoms with Crippen LogP contribution in [0.15, 0.2) is 42.5 Å². The highest BCUT2D eigenvalue weighted by molar-refractivity contribution is 6.06. The summed E-state index contributed by atoms with van der Waals surface area (Å²) in [6, 6.07) is 10.4. The third-order valence-electron chi connectivity index (χ3n) is 5.33. The summed E-state index contributed by atoms with van der Waals surface area (Å²) in [7, 11) is 0. The molecule has 7 heteroatoms. The summed E-state index contributed by atoms with van der Waals surface area (Å²) in [4.78, 5) is 17.7. The van der Waals surface area contributed by atoms with Crippen LogP contribution in [0.25, 0.3) is 10.9 Å². The van der Waals surface area contributed by atoms with Crippen molar-refractivity contribution < 1.29 is 18.7 Å². The molecule has 2 heterocycles. The Morgan fingerprint density at radius 1 is 1.07 bits per heavy atom. The van der Waals surface area contributed by atoms with Gasteiger partial charge in [-0.15, -0.1) is 0 Å². The normalized spacial score (nSPS) is 16.1. The number of aromatic nitrogens is 1. The van der Waals surface area contributed by atoms with Gasteiger partial charge >= 0.3 is 0 Å². The Labute approximate surface area is 167 Å². The maximum atomic E-state index is 13.3. The quantitative estimate of drug-likeness (QED) is 0.602. The van der Waals surface area contributed by atoms with E-state index in [1.54, 1.807) is 6.07 Å². The van der Waals surface area contributed by atoms with Gasteiger partial charge in [0.1, 0.15) is 5.69 Å². The molecule has 3 N–H and O–H groups in total. The van der Waals surface area contributed by atoms with Crippen molar-refractivity contribution in [3.05, 3.63) is 65.4 Å². The van der Waals surface area contributed by atoms with Crippen molar-refractivity contribution in [3.63, 3.8) is 0 Å². The molecule has 1 amide bonds.